The molecule has 1 N–H and O–H groups in total. The molecule has 0 saturated carbocycles. The summed E-state index contributed by atoms with van der Waals surface area (Å²) in [6.45, 7) is 2.06. The van der Waals surface area contributed by atoms with Crippen molar-refractivity contribution in [2.24, 2.45) is 0 Å². The molecule has 1 aromatic heterocycles. The molecule has 2 heterocycles. The van der Waals surface area contributed by atoms with Crippen LogP contribution in [0.3, 0.4) is 0 Å². The van der Waals surface area contributed by atoms with Gasteiger partial charge in [-0.05, 0) is 6.92 Å². The van der Waals surface area contributed by atoms with Crippen LogP contribution >= 0.6 is 0 Å². The molecule has 2 rings (SSSR count). The van der Waals surface area contributed by atoms with E-state index in [1.165, 1.54) is 11.2 Å². The second-order valence-corrected chi connectivity index (χ2v) is 3.13. The van der Waals surface area contributed by atoms with E-state index in [0.717, 1.165) is 5.69 Å². The average Bonchev–Trinajstić information content (AvgIpc) is 2.58. The zero-order chi connectivity index (χ0) is 9.42. The van der Waals surface area contributed by atoms with Gasteiger partial charge in [0, 0.05) is 0 Å². The Morgan fingerprint density at radius 1 is 1.77 bits per heavy atom. The molecule has 0 aromatic carbocycles. The molecule has 1 unspecified atom stereocenters. The van der Waals surface area contributed by atoms with Crippen LogP contribution in [-0.2, 0) is 4.79 Å². The van der Waals surface area contributed by atoms with Gasteiger partial charge in [0.25, 0.3) is 0 Å². The van der Waals surface area contributed by atoms with Gasteiger partial charge < -0.3 is 9.52 Å². The summed E-state index contributed by atoms with van der Waals surface area (Å²) < 4.78 is 5.05. The predicted molar refractivity (Wildman–Crippen MR) is 44.2 cm³/mol. The van der Waals surface area contributed by atoms with Gasteiger partial charge >= 0.3 is 6.01 Å². The molecule has 0 bridgehead atoms. The molecule has 0 spiro atoms. The number of aryl methyl sites for hydroxylation is 1. The van der Waals surface area contributed by atoms with Gasteiger partial charge in [0.2, 0.25) is 5.91 Å². The average molecular weight is 182 g/mol. The molecule has 1 amide bonds. The Kier molecular flexibility index (Phi) is 1.81. The van der Waals surface area contributed by atoms with Crippen molar-refractivity contribution < 1.29 is 14.3 Å². The van der Waals surface area contributed by atoms with Crippen molar-refractivity contribution in [1.29, 1.82) is 0 Å². The van der Waals surface area contributed by atoms with E-state index in [2.05, 4.69) is 4.98 Å². The minimum atomic E-state index is -0.597. The maximum Gasteiger partial charge on any atom is 0.304 e. The van der Waals surface area contributed by atoms with Gasteiger partial charge in [-0.1, -0.05) is 0 Å². The minimum absolute atomic E-state index is 0.144. The highest BCUT2D eigenvalue weighted by Gasteiger charge is 2.31. The Morgan fingerprint density at radius 3 is 3.00 bits per heavy atom. The summed E-state index contributed by atoms with van der Waals surface area (Å²) in [7, 11) is 0. The van der Waals surface area contributed by atoms with Gasteiger partial charge in [-0.25, -0.2) is 0 Å². The van der Waals surface area contributed by atoms with Crippen LogP contribution in [0.2, 0.25) is 0 Å². The van der Waals surface area contributed by atoms with E-state index in [1.807, 2.05) is 0 Å². The standard InChI is InChI=1S/C8H10N2O3/c1-5-4-13-8(9-5)10-3-6(11)2-7(10)12/h4,6,11H,2-3H2,1H3. The molecular weight excluding hydrogens is 172 g/mol. The van der Waals surface area contributed by atoms with Gasteiger partial charge in [-0.3, -0.25) is 9.69 Å². The number of oxazole rings is 1. The fourth-order valence-electron chi connectivity index (χ4n) is 1.34. The maximum atomic E-state index is 11.3. The first-order valence-corrected chi connectivity index (χ1v) is 4.07. The second kappa shape index (κ2) is 2.85. The molecule has 5 heteroatoms. The lowest BCUT2D eigenvalue weighted by Gasteiger charge is -2.08. The summed E-state index contributed by atoms with van der Waals surface area (Å²) in [6, 6.07) is 0.277. The summed E-state index contributed by atoms with van der Waals surface area (Å²) >= 11 is 0. The van der Waals surface area contributed by atoms with Crippen molar-refractivity contribution >= 4 is 11.9 Å². The SMILES string of the molecule is Cc1coc(N2CC(O)CC2=O)n1. The topological polar surface area (TPSA) is 66.6 Å². The van der Waals surface area contributed by atoms with Crippen molar-refractivity contribution in [1.82, 2.24) is 4.98 Å². The zero-order valence-corrected chi connectivity index (χ0v) is 7.23. The Balaban J connectivity index is 2.22. The van der Waals surface area contributed by atoms with Gasteiger partial charge in [0.1, 0.15) is 6.26 Å². The highest BCUT2D eigenvalue weighted by Crippen LogP contribution is 2.20. The molecule has 1 fully saturated rings. The van der Waals surface area contributed by atoms with Crippen LogP contribution in [0, 0.1) is 6.92 Å². The first-order valence-electron chi connectivity index (χ1n) is 4.07. The van der Waals surface area contributed by atoms with Crippen molar-refractivity contribution in [3.8, 4) is 0 Å². The lowest BCUT2D eigenvalue weighted by atomic mass is 10.3. The third-order valence-corrected chi connectivity index (χ3v) is 1.94. The van der Waals surface area contributed by atoms with Crippen LogP contribution in [0.15, 0.2) is 10.7 Å². The van der Waals surface area contributed by atoms with E-state index in [-0.39, 0.29) is 24.9 Å². The molecule has 5 nitrogen and oxygen atoms in total. The van der Waals surface area contributed by atoms with E-state index in [9.17, 15) is 9.90 Å². The van der Waals surface area contributed by atoms with E-state index < -0.39 is 6.10 Å². The number of β-amino-alcohol motifs (C(OH)–C–C–N with tert-alkyl or cyclic N) is 1. The summed E-state index contributed by atoms with van der Waals surface area (Å²) in [5.41, 5.74) is 0.726. The number of hydrogen-bond donors (Lipinski definition) is 1. The summed E-state index contributed by atoms with van der Waals surface area (Å²) in [4.78, 5) is 16.6. The van der Waals surface area contributed by atoms with E-state index in [4.69, 9.17) is 4.42 Å². The van der Waals surface area contributed by atoms with Crippen LogP contribution in [0.25, 0.3) is 0 Å². The van der Waals surface area contributed by atoms with Crippen LogP contribution in [0.1, 0.15) is 12.1 Å². The quantitative estimate of drug-likeness (QED) is 0.668. The van der Waals surface area contributed by atoms with Crippen molar-refractivity contribution in [2.75, 3.05) is 11.4 Å². The Morgan fingerprint density at radius 2 is 2.54 bits per heavy atom. The number of aliphatic hydroxyl groups excluding tert-OH is 1. The second-order valence-electron chi connectivity index (χ2n) is 3.13. The Hall–Kier alpha value is -1.36. The fraction of sp³-hybridized carbons (Fsp3) is 0.500. The van der Waals surface area contributed by atoms with Crippen LogP contribution in [-0.4, -0.2) is 28.6 Å². The first-order chi connectivity index (χ1) is 6.16. The van der Waals surface area contributed by atoms with Gasteiger partial charge in [0.15, 0.2) is 0 Å². The number of nitrogens with zero attached hydrogens (tertiary/aromatic N) is 2. The molecule has 0 radical (unpaired) electrons. The van der Waals surface area contributed by atoms with Gasteiger partial charge in [-0.2, -0.15) is 4.98 Å². The third kappa shape index (κ3) is 1.42. The molecule has 1 atom stereocenters. The number of amides is 1. The molecule has 0 aliphatic carbocycles. The summed E-state index contributed by atoms with van der Waals surface area (Å²) in [5.74, 6) is -0.144. The molecule has 1 saturated heterocycles. The van der Waals surface area contributed by atoms with Crippen molar-refractivity contribution in [2.45, 2.75) is 19.4 Å². The lowest BCUT2D eigenvalue weighted by molar-refractivity contribution is -0.117. The monoisotopic (exact) mass is 182 g/mol. The molecule has 13 heavy (non-hydrogen) atoms. The van der Waals surface area contributed by atoms with Crippen molar-refractivity contribution in [3.05, 3.63) is 12.0 Å². The smallest absolute Gasteiger partial charge is 0.304 e. The minimum Gasteiger partial charge on any atom is -0.431 e. The van der Waals surface area contributed by atoms with E-state index in [0.29, 0.717) is 0 Å². The van der Waals surface area contributed by atoms with Gasteiger partial charge in [-0.15, -0.1) is 0 Å². The molecule has 1 aliphatic rings. The molecule has 1 aromatic rings. The fourth-order valence-corrected chi connectivity index (χ4v) is 1.34. The number of carbonyl (C=O) groups is 1. The molecule has 70 valence electrons. The largest absolute Gasteiger partial charge is 0.431 e. The third-order valence-electron chi connectivity index (χ3n) is 1.94. The highest BCUT2D eigenvalue weighted by atomic mass is 16.4. The number of rotatable bonds is 1. The van der Waals surface area contributed by atoms with E-state index in [1.54, 1.807) is 6.92 Å². The number of hydrogen-bond acceptors (Lipinski definition) is 4. The number of aliphatic hydroxyl groups is 1. The van der Waals surface area contributed by atoms with Crippen molar-refractivity contribution in [3.63, 3.8) is 0 Å². The molecular formula is C8H10N2O3. The highest BCUT2D eigenvalue weighted by molar-refractivity contribution is 5.94. The van der Waals surface area contributed by atoms with Gasteiger partial charge in [0.05, 0.1) is 24.8 Å². The predicted octanol–water partition coefficient (Wildman–Crippen LogP) is 0.0806. The number of aromatic nitrogens is 1. The normalized spacial score (nSPS) is 22.8. The Labute approximate surface area is 75.0 Å². The molecule has 1 aliphatic heterocycles. The zero-order valence-electron chi connectivity index (χ0n) is 7.23. The summed E-state index contributed by atoms with van der Waals surface area (Å²) in [6.07, 6.45) is 1.04. The number of anilines is 1. The van der Waals surface area contributed by atoms with Crippen LogP contribution in [0.5, 0.6) is 0 Å². The van der Waals surface area contributed by atoms with Crippen LogP contribution in [0.4, 0.5) is 6.01 Å². The lowest BCUT2D eigenvalue weighted by Crippen LogP contribution is -2.25. The maximum absolute atomic E-state index is 11.3. The Bertz CT molecular complexity index is 334. The first kappa shape index (κ1) is 8.25. The van der Waals surface area contributed by atoms with E-state index >= 15 is 0 Å². The van der Waals surface area contributed by atoms with Crippen LogP contribution < -0.4 is 4.90 Å². The number of carbonyl (C=O) groups excluding carboxylic acids is 1. The summed E-state index contributed by atoms with van der Waals surface area (Å²) in [5, 5.41) is 9.21.